The number of carbonyl (C=O) groups excluding carboxylic acids is 2. The van der Waals surface area contributed by atoms with Gasteiger partial charge >= 0.3 is 11.9 Å². The molecule has 0 unspecified atom stereocenters. The Bertz CT molecular complexity index is 1010. The van der Waals surface area contributed by atoms with Crippen LogP contribution in [-0.4, -0.2) is 26.9 Å². The highest BCUT2D eigenvalue weighted by atomic mass is 28.4. The van der Waals surface area contributed by atoms with Crippen LogP contribution in [0.15, 0.2) is 54.3 Å². The van der Waals surface area contributed by atoms with Gasteiger partial charge in [0, 0.05) is 12.5 Å². The van der Waals surface area contributed by atoms with Gasteiger partial charge in [0.15, 0.2) is 8.32 Å². The minimum Gasteiger partial charge on any atom is -0.488 e. The van der Waals surface area contributed by atoms with Crippen molar-refractivity contribution in [2.75, 3.05) is 6.61 Å². The second kappa shape index (κ2) is 12.0. The molecule has 0 fully saturated rings. The van der Waals surface area contributed by atoms with E-state index in [9.17, 15) is 9.59 Å². The molecule has 0 aliphatic rings. The van der Waals surface area contributed by atoms with Gasteiger partial charge in [0.05, 0.1) is 13.2 Å². The number of benzene rings is 2. The highest BCUT2D eigenvalue weighted by Gasteiger charge is 2.37. The van der Waals surface area contributed by atoms with Gasteiger partial charge < -0.3 is 18.6 Å². The zero-order valence-corrected chi connectivity index (χ0v) is 22.3. The number of esters is 2. The van der Waals surface area contributed by atoms with E-state index in [1.165, 1.54) is 13.0 Å². The van der Waals surface area contributed by atoms with Crippen LogP contribution in [0.1, 0.15) is 51.3 Å². The summed E-state index contributed by atoms with van der Waals surface area (Å²) in [5.74, 6) is -0.964. The fourth-order valence-electron chi connectivity index (χ4n) is 2.78. The minimum atomic E-state index is -1.95. The Morgan fingerprint density at radius 1 is 0.971 bits per heavy atom. The molecule has 0 aliphatic carbocycles. The summed E-state index contributed by atoms with van der Waals surface area (Å²) in [6.45, 7) is 14.8. The van der Waals surface area contributed by atoms with Gasteiger partial charge in [-0.15, -0.1) is 0 Å². The quantitative estimate of drug-likeness (QED) is 0.172. The van der Waals surface area contributed by atoms with Gasteiger partial charge in [0.2, 0.25) is 5.76 Å². The van der Waals surface area contributed by atoms with Crippen LogP contribution >= 0.6 is 0 Å². The second-order valence-electron chi connectivity index (χ2n) is 9.52. The third kappa shape index (κ3) is 8.15. The van der Waals surface area contributed by atoms with Crippen LogP contribution in [0.4, 0.5) is 0 Å². The minimum absolute atomic E-state index is 0.0842. The van der Waals surface area contributed by atoms with E-state index < -0.39 is 20.3 Å². The molecule has 0 atom stereocenters. The van der Waals surface area contributed by atoms with Crippen molar-refractivity contribution in [3.63, 3.8) is 0 Å². The van der Waals surface area contributed by atoms with Gasteiger partial charge in [-0.1, -0.05) is 57.2 Å². The standard InChI is InChI=1S/C27H36O6Si/c1-8-30-26(29)25(33-20(2)28)17-23-16-22(19-32-34(6,7)27(3,4)5)14-15-24(23)31-18-21-12-10-9-11-13-21/h9-17H,8,18-19H2,1-7H3/b25-17+. The monoisotopic (exact) mass is 484 g/mol. The Labute approximate surface area is 204 Å². The summed E-state index contributed by atoms with van der Waals surface area (Å²) in [5.41, 5.74) is 2.53. The molecule has 0 aliphatic heterocycles. The van der Waals surface area contributed by atoms with E-state index in [-0.39, 0.29) is 17.4 Å². The first kappa shape index (κ1) is 27.3. The van der Waals surface area contributed by atoms with Crippen molar-refractivity contribution >= 4 is 26.3 Å². The lowest BCUT2D eigenvalue weighted by Crippen LogP contribution is -2.40. The summed E-state index contributed by atoms with van der Waals surface area (Å²) < 4.78 is 22.6. The normalized spacial score (nSPS) is 12.3. The summed E-state index contributed by atoms with van der Waals surface area (Å²) >= 11 is 0. The molecular weight excluding hydrogens is 448 g/mol. The predicted octanol–water partition coefficient (Wildman–Crippen LogP) is 6.25. The van der Waals surface area contributed by atoms with E-state index in [1.54, 1.807) is 6.92 Å². The first-order valence-electron chi connectivity index (χ1n) is 11.4. The average molecular weight is 485 g/mol. The lowest BCUT2D eigenvalue weighted by atomic mass is 10.1. The zero-order chi connectivity index (χ0) is 25.4. The van der Waals surface area contributed by atoms with Crippen molar-refractivity contribution < 1.29 is 28.2 Å². The molecular formula is C27H36O6Si. The zero-order valence-electron chi connectivity index (χ0n) is 21.3. The van der Waals surface area contributed by atoms with Gasteiger partial charge in [-0.2, -0.15) is 0 Å². The molecule has 0 saturated heterocycles. The van der Waals surface area contributed by atoms with E-state index in [1.807, 2.05) is 48.5 Å². The second-order valence-corrected chi connectivity index (χ2v) is 14.3. The summed E-state index contributed by atoms with van der Waals surface area (Å²) in [4.78, 5) is 24.0. The Kier molecular flexibility index (Phi) is 9.64. The third-order valence-electron chi connectivity index (χ3n) is 5.73. The fourth-order valence-corrected chi connectivity index (χ4v) is 3.74. The molecule has 2 rings (SSSR count). The smallest absolute Gasteiger partial charge is 0.374 e. The first-order valence-corrected chi connectivity index (χ1v) is 14.3. The van der Waals surface area contributed by atoms with Crippen molar-refractivity contribution in [3.05, 3.63) is 71.0 Å². The van der Waals surface area contributed by atoms with Gasteiger partial charge in [-0.3, -0.25) is 4.79 Å². The largest absolute Gasteiger partial charge is 0.488 e. The molecule has 0 N–H and O–H groups in total. The maximum Gasteiger partial charge on any atom is 0.374 e. The molecule has 34 heavy (non-hydrogen) atoms. The molecule has 2 aromatic carbocycles. The predicted molar refractivity (Wildman–Crippen MR) is 136 cm³/mol. The van der Waals surface area contributed by atoms with Crippen molar-refractivity contribution in [1.29, 1.82) is 0 Å². The van der Waals surface area contributed by atoms with Crippen LogP contribution in [0, 0.1) is 0 Å². The molecule has 0 aromatic heterocycles. The van der Waals surface area contributed by atoms with Crippen molar-refractivity contribution in [2.45, 2.75) is 66.0 Å². The lowest BCUT2D eigenvalue weighted by Gasteiger charge is -2.36. The Hall–Kier alpha value is -2.90. The van der Waals surface area contributed by atoms with Gasteiger partial charge in [0.1, 0.15) is 12.4 Å². The van der Waals surface area contributed by atoms with Crippen molar-refractivity contribution in [1.82, 2.24) is 0 Å². The maximum atomic E-state index is 12.4. The van der Waals surface area contributed by atoms with E-state index in [2.05, 4.69) is 33.9 Å². The Morgan fingerprint density at radius 2 is 1.65 bits per heavy atom. The number of hydrogen-bond donors (Lipinski definition) is 0. The van der Waals surface area contributed by atoms with Crippen LogP contribution < -0.4 is 4.74 Å². The van der Waals surface area contributed by atoms with E-state index >= 15 is 0 Å². The summed E-state index contributed by atoms with van der Waals surface area (Å²) in [5, 5.41) is 0.0842. The molecule has 0 radical (unpaired) electrons. The molecule has 6 nitrogen and oxygen atoms in total. The summed E-state index contributed by atoms with van der Waals surface area (Å²) in [6.07, 6.45) is 1.48. The summed E-state index contributed by atoms with van der Waals surface area (Å²) in [7, 11) is -1.95. The van der Waals surface area contributed by atoms with Crippen molar-refractivity contribution in [3.8, 4) is 5.75 Å². The molecule has 184 valence electrons. The van der Waals surface area contributed by atoms with Crippen LogP contribution in [0.5, 0.6) is 5.75 Å². The number of carbonyl (C=O) groups is 2. The molecule has 0 amide bonds. The van der Waals surface area contributed by atoms with Gasteiger partial charge in [0.25, 0.3) is 0 Å². The molecule has 0 spiro atoms. The van der Waals surface area contributed by atoms with Crippen molar-refractivity contribution in [2.24, 2.45) is 0 Å². The van der Waals surface area contributed by atoms with Crippen LogP contribution in [-0.2, 0) is 36.7 Å². The molecule has 0 bridgehead atoms. The number of hydrogen-bond acceptors (Lipinski definition) is 6. The highest BCUT2D eigenvalue weighted by molar-refractivity contribution is 6.74. The highest BCUT2D eigenvalue weighted by Crippen LogP contribution is 2.37. The molecule has 7 heteroatoms. The van der Waals surface area contributed by atoms with Crippen LogP contribution in [0.3, 0.4) is 0 Å². The number of ether oxygens (including phenoxy) is 3. The van der Waals surface area contributed by atoms with E-state index in [0.29, 0.717) is 24.5 Å². The number of rotatable bonds is 10. The van der Waals surface area contributed by atoms with Crippen LogP contribution in [0.2, 0.25) is 18.1 Å². The van der Waals surface area contributed by atoms with Gasteiger partial charge in [-0.05, 0) is 54.4 Å². The Balaban J connectivity index is 2.40. The van der Waals surface area contributed by atoms with Crippen LogP contribution in [0.25, 0.3) is 6.08 Å². The first-order chi connectivity index (χ1) is 15.9. The van der Waals surface area contributed by atoms with E-state index in [0.717, 1.165) is 11.1 Å². The fraction of sp³-hybridized carbons (Fsp3) is 0.407. The molecule has 0 saturated carbocycles. The van der Waals surface area contributed by atoms with E-state index in [4.69, 9.17) is 18.6 Å². The van der Waals surface area contributed by atoms with Gasteiger partial charge in [-0.25, -0.2) is 4.79 Å². The third-order valence-corrected chi connectivity index (χ3v) is 10.2. The average Bonchev–Trinajstić information content (AvgIpc) is 2.76. The Morgan fingerprint density at radius 3 is 2.24 bits per heavy atom. The molecule has 2 aromatic rings. The maximum absolute atomic E-state index is 12.4. The topological polar surface area (TPSA) is 71.1 Å². The lowest BCUT2D eigenvalue weighted by molar-refractivity contribution is -0.149. The molecule has 0 heterocycles. The summed E-state index contributed by atoms with van der Waals surface area (Å²) in [6, 6.07) is 15.5. The SMILES string of the molecule is CCOC(=O)/C(=C\c1cc(CO[Si](C)(C)C(C)(C)C)ccc1OCc1ccccc1)OC(C)=O.